The molecule has 0 bridgehead atoms. The molecule has 0 N–H and O–H groups in total. The monoisotopic (exact) mass is 890 g/mol. The Labute approximate surface area is 319 Å². The Balaban J connectivity index is 0.000000464. The third kappa shape index (κ3) is 7.43. The van der Waals surface area contributed by atoms with Crippen molar-refractivity contribution in [1.29, 1.82) is 0 Å². The van der Waals surface area contributed by atoms with Gasteiger partial charge in [-0.25, -0.2) is 87.8 Å². The SMILES string of the molecule is COc1cccc(C(=O)C[S+](C)C)c1.Fc1c(F)c(F)c([B-](c2c(F)c(F)c(F)c(F)c2F)(c2c(F)c(F)c(F)c(F)c2F)c2c(F)c(F)c(F)c(F)c2F)c(F)c1F. The van der Waals surface area contributed by atoms with Crippen molar-refractivity contribution in [2.45, 2.75) is 0 Å². The third-order valence-corrected chi connectivity index (χ3v) is 9.36. The van der Waals surface area contributed by atoms with Crippen LogP contribution in [0.25, 0.3) is 0 Å². The van der Waals surface area contributed by atoms with Gasteiger partial charge in [-0.3, -0.25) is 4.79 Å². The average Bonchev–Trinajstić information content (AvgIpc) is 3.20. The zero-order valence-electron chi connectivity index (χ0n) is 28.9. The molecule has 0 unspecified atom stereocenters. The number of ketones is 1. The summed E-state index contributed by atoms with van der Waals surface area (Å²) in [4.78, 5) is 11.7. The van der Waals surface area contributed by atoms with Crippen molar-refractivity contribution in [2.24, 2.45) is 0 Å². The number of carbonyl (C=O) groups is 1. The topological polar surface area (TPSA) is 26.3 Å². The van der Waals surface area contributed by atoms with E-state index in [1.54, 1.807) is 13.2 Å². The lowest BCUT2D eigenvalue weighted by Gasteiger charge is -2.44. The molecule has 0 saturated carbocycles. The van der Waals surface area contributed by atoms with Gasteiger partial charge in [0, 0.05) is 5.56 Å². The van der Waals surface area contributed by atoms with Crippen LogP contribution in [-0.4, -0.2) is 37.3 Å². The van der Waals surface area contributed by atoms with Gasteiger partial charge in [-0.2, -0.15) is 0 Å². The molecule has 59 heavy (non-hydrogen) atoms. The molecular weight excluding hydrogens is 875 g/mol. The highest BCUT2D eigenvalue weighted by Gasteiger charge is 2.52. The molecule has 0 heterocycles. The summed E-state index contributed by atoms with van der Waals surface area (Å²) < 4.78 is 299. The molecule has 24 heteroatoms. The number of ether oxygens (including phenoxy) is 1. The number of methoxy groups -OCH3 is 1. The summed E-state index contributed by atoms with van der Waals surface area (Å²) in [6.45, 7) is 0. The predicted octanol–water partition coefficient (Wildman–Crippen LogP) is 7.60. The lowest BCUT2D eigenvalue weighted by molar-refractivity contribution is 0.102. The van der Waals surface area contributed by atoms with Crippen LogP contribution in [0.4, 0.5) is 87.8 Å². The summed E-state index contributed by atoms with van der Waals surface area (Å²) in [7, 11) is 1.76. The number of Topliss-reactive ketones (excluding diaryl/α,β-unsaturated/α-hetero) is 1. The van der Waals surface area contributed by atoms with Gasteiger partial charge in [0.15, 0.2) is 75.6 Å². The highest BCUT2D eigenvalue weighted by molar-refractivity contribution is 7.96. The molecule has 0 fully saturated rings. The zero-order chi connectivity index (χ0) is 44.9. The Kier molecular flexibility index (Phi) is 13.4. The van der Waals surface area contributed by atoms with E-state index in [-0.39, 0.29) is 16.7 Å². The maximum Gasteiger partial charge on any atom is 0.211 e. The zero-order valence-corrected chi connectivity index (χ0v) is 29.7. The van der Waals surface area contributed by atoms with E-state index in [2.05, 4.69) is 12.5 Å². The van der Waals surface area contributed by atoms with E-state index < -0.39 is 144 Å². The molecule has 2 nitrogen and oxygen atoms in total. The minimum absolute atomic E-state index is 0.155. The highest BCUT2D eigenvalue weighted by atomic mass is 32.2. The van der Waals surface area contributed by atoms with Crippen molar-refractivity contribution in [3.05, 3.63) is 146 Å². The van der Waals surface area contributed by atoms with E-state index in [1.807, 2.05) is 18.2 Å². The van der Waals surface area contributed by atoms with E-state index in [0.717, 1.165) is 11.3 Å². The largest absolute Gasteiger partial charge is 0.497 e. The van der Waals surface area contributed by atoms with Gasteiger partial charge in [0.05, 0.1) is 19.6 Å². The van der Waals surface area contributed by atoms with E-state index >= 15 is 35.1 Å². The van der Waals surface area contributed by atoms with Gasteiger partial charge in [-0.15, -0.1) is 21.9 Å². The highest BCUT2D eigenvalue weighted by Crippen LogP contribution is 2.30. The van der Waals surface area contributed by atoms with E-state index in [0.29, 0.717) is 5.75 Å². The minimum Gasteiger partial charge on any atom is -0.497 e. The summed E-state index contributed by atoms with van der Waals surface area (Å²) in [5, 5.41) is 0. The fraction of sp³-hybridized carbons (Fsp3) is 0.114. The van der Waals surface area contributed by atoms with Crippen molar-refractivity contribution in [2.75, 3.05) is 25.4 Å². The van der Waals surface area contributed by atoms with Gasteiger partial charge in [0.25, 0.3) is 0 Å². The second-order valence-corrected chi connectivity index (χ2v) is 14.3. The molecule has 5 aromatic carbocycles. The Morgan fingerprint density at radius 1 is 0.441 bits per heavy atom. The normalized spacial score (nSPS) is 11.6. The Morgan fingerprint density at radius 2 is 0.678 bits per heavy atom. The summed E-state index contributed by atoms with van der Waals surface area (Å²) in [6.07, 6.45) is -3.08. The number of benzene rings is 5. The van der Waals surface area contributed by atoms with Crippen LogP contribution < -0.4 is 26.6 Å². The lowest BCUT2D eigenvalue weighted by atomic mass is 9.12. The van der Waals surface area contributed by atoms with E-state index in [9.17, 15) is 57.5 Å². The number of halogens is 20. The van der Waals surface area contributed by atoms with Crippen molar-refractivity contribution in [1.82, 2.24) is 0 Å². The van der Waals surface area contributed by atoms with Gasteiger partial charge >= 0.3 is 0 Å². The molecule has 316 valence electrons. The van der Waals surface area contributed by atoms with Gasteiger partial charge in [-0.1, -0.05) is 12.1 Å². The van der Waals surface area contributed by atoms with Crippen molar-refractivity contribution in [3.8, 4) is 5.75 Å². The molecular formula is C35H15BF20O2S. The van der Waals surface area contributed by atoms with Gasteiger partial charge in [0.1, 0.15) is 58.4 Å². The Bertz CT molecular complexity index is 2150. The fourth-order valence-corrected chi connectivity index (χ4v) is 6.71. The maximum atomic E-state index is 15.4. The first-order chi connectivity index (χ1) is 27.3. The molecule has 0 amide bonds. The van der Waals surface area contributed by atoms with E-state index in [1.165, 1.54) is 0 Å². The van der Waals surface area contributed by atoms with Crippen LogP contribution in [0.3, 0.4) is 0 Å². The molecule has 0 atom stereocenters. The van der Waals surface area contributed by atoms with Crippen LogP contribution in [0, 0.1) is 116 Å². The standard InChI is InChI=1S/C24BF20.C11H15O2S/c26-5-1(6(27)14(35)21(42)13(5)34)25(2-7(28)15(36)22(43)16(37)8(2)29,3-9(30)17(38)23(44)18(39)10(3)31)4-11(32)19(40)24(45)20(41)12(4)33;1-13-10-6-4-5-9(7-10)11(12)8-14(2)3/h;4-7H,8H2,1-3H3/q-1;+1. The second-order valence-electron chi connectivity index (χ2n) is 12.1. The molecule has 0 saturated heterocycles. The van der Waals surface area contributed by atoms with Crippen molar-refractivity contribution < 1.29 is 97.3 Å². The molecule has 0 aromatic heterocycles. The first-order valence-electron chi connectivity index (χ1n) is 15.3. The second kappa shape index (κ2) is 17.1. The minimum atomic E-state index is -7.22. The molecule has 0 aliphatic rings. The first-order valence-corrected chi connectivity index (χ1v) is 17.5. The molecule has 0 aliphatic carbocycles. The van der Waals surface area contributed by atoms with Crippen LogP contribution in [0.5, 0.6) is 5.75 Å². The predicted molar refractivity (Wildman–Crippen MR) is 171 cm³/mol. The van der Waals surface area contributed by atoms with E-state index in [4.69, 9.17) is 4.74 Å². The Morgan fingerprint density at radius 3 is 0.898 bits per heavy atom. The first kappa shape index (κ1) is 46.3. The molecule has 0 aliphatic heterocycles. The van der Waals surface area contributed by atoms with Crippen LogP contribution >= 0.6 is 0 Å². The lowest BCUT2D eigenvalue weighted by Crippen LogP contribution is -2.81. The number of hydrogen-bond acceptors (Lipinski definition) is 2. The molecule has 5 rings (SSSR count). The van der Waals surface area contributed by atoms with Crippen LogP contribution in [0.2, 0.25) is 0 Å². The van der Waals surface area contributed by atoms with Crippen LogP contribution in [0.15, 0.2) is 24.3 Å². The van der Waals surface area contributed by atoms with Crippen LogP contribution in [-0.2, 0) is 10.9 Å². The maximum absolute atomic E-state index is 15.4. The quantitative estimate of drug-likeness (QED) is 0.0401. The third-order valence-electron chi connectivity index (χ3n) is 8.52. The smallest absolute Gasteiger partial charge is 0.211 e. The van der Waals surface area contributed by atoms with Crippen molar-refractivity contribution >= 4 is 44.7 Å². The number of rotatable bonds is 8. The van der Waals surface area contributed by atoms with Gasteiger partial charge in [0.2, 0.25) is 5.78 Å². The number of carbonyl (C=O) groups excluding carboxylic acids is 1. The molecule has 5 aromatic rings. The van der Waals surface area contributed by atoms with Gasteiger partial charge in [-0.05, 0) is 23.0 Å². The molecule has 0 spiro atoms. The number of hydrogen-bond donors (Lipinski definition) is 0. The summed E-state index contributed by atoms with van der Waals surface area (Å²) in [5.74, 6) is -69.9. The molecule has 0 radical (unpaired) electrons. The summed E-state index contributed by atoms with van der Waals surface area (Å²) in [6, 6.07) is 7.30. The summed E-state index contributed by atoms with van der Waals surface area (Å²) in [5.41, 5.74) is -13.6. The Hall–Kier alpha value is -5.42. The van der Waals surface area contributed by atoms with Crippen LogP contribution in [0.1, 0.15) is 10.4 Å². The van der Waals surface area contributed by atoms with Gasteiger partial charge < -0.3 is 4.74 Å². The average molecular weight is 890 g/mol. The van der Waals surface area contributed by atoms with Crippen molar-refractivity contribution in [3.63, 3.8) is 0 Å². The fourth-order valence-electron chi connectivity index (χ4n) is 6.02. The summed E-state index contributed by atoms with van der Waals surface area (Å²) >= 11 is 0.